The molecule has 1 aliphatic heterocycles. The molecular formula is C20H29IN6O. The van der Waals surface area contributed by atoms with Gasteiger partial charge in [-0.25, -0.2) is 9.98 Å². The third-order valence-electron chi connectivity index (χ3n) is 4.73. The Morgan fingerprint density at radius 3 is 2.64 bits per heavy atom. The van der Waals surface area contributed by atoms with Crippen LogP contribution in [0.25, 0.3) is 0 Å². The van der Waals surface area contributed by atoms with Crippen molar-refractivity contribution in [3.63, 3.8) is 0 Å². The van der Waals surface area contributed by atoms with Crippen LogP contribution in [0.2, 0.25) is 0 Å². The molecule has 3 rings (SSSR count). The molecule has 0 amide bonds. The number of nitrogens with zero attached hydrogens (tertiary/aromatic N) is 4. The average molecular weight is 496 g/mol. The number of aromatic nitrogens is 1. The standard InChI is InChI=1S/C20H28N6O.HI/c1-3-25-9-11-26(12-10-25)19-8-7-16(14-22-19)15-23-20(21)24-17-5-4-6-18(13-17)27-2;/h4-8,13-14H,3,9-12,15H2,1-2H3,(H3,21,23,24);1H. The summed E-state index contributed by atoms with van der Waals surface area (Å²) in [5.74, 6) is 2.16. The van der Waals surface area contributed by atoms with Crippen LogP contribution in [0.1, 0.15) is 12.5 Å². The van der Waals surface area contributed by atoms with E-state index in [-0.39, 0.29) is 24.0 Å². The first-order chi connectivity index (χ1) is 13.2. The summed E-state index contributed by atoms with van der Waals surface area (Å²) in [6.45, 7) is 8.04. The van der Waals surface area contributed by atoms with Gasteiger partial charge in [0.05, 0.1) is 13.7 Å². The summed E-state index contributed by atoms with van der Waals surface area (Å²) in [5.41, 5.74) is 7.85. The number of nitrogens with one attached hydrogen (secondary N) is 1. The van der Waals surface area contributed by atoms with Crippen molar-refractivity contribution < 1.29 is 4.74 Å². The quantitative estimate of drug-likeness (QED) is 0.364. The molecule has 1 saturated heterocycles. The van der Waals surface area contributed by atoms with Gasteiger partial charge in [0.15, 0.2) is 5.96 Å². The molecule has 152 valence electrons. The van der Waals surface area contributed by atoms with E-state index in [0.29, 0.717) is 12.5 Å². The van der Waals surface area contributed by atoms with Crippen molar-refractivity contribution in [2.75, 3.05) is 50.1 Å². The molecule has 0 unspecified atom stereocenters. The Morgan fingerprint density at radius 1 is 1.21 bits per heavy atom. The van der Waals surface area contributed by atoms with E-state index in [4.69, 9.17) is 10.5 Å². The van der Waals surface area contributed by atoms with Crippen LogP contribution in [-0.4, -0.2) is 55.7 Å². The second kappa shape index (κ2) is 11.1. The molecule has 2 heterocycles. The lowest BCUT2D eigenvalue weighted by Crippen LogP contribution is -2.46. The van der Waals surface area contributed by atoms with Crippen LogP contribution < -0.4 is 20.7 Å². The van der Waals surface area contributed by atoms with E-state index in [1.807, 2.05) is 30.5 Å². The minimum Gasteiger partial charge on any atom is -0.497 e. The first-order valence-corrected chi connectivity index (χ1v) is 9.31. The van der Waals surface area contributed by atoms with Crippen LogP contribution in [0, 0.1) is 0 Å². The van der Waals surface area contributed by atoms with Crippen LogP contribution in [0.5, 0.6) is 5.75 Å². The number of pyridine rings is 1. The molecule has 7 nitrogen and oxygen atoms in total. The Morgan fingerprint density at radius 2 is 2.00 bits per heavy atom. The number of halogens is 1. The number of nitrogens with two attached hydrogens (primary N) is 1. The van der Waals surface area contributed by atoms with Gasteiger partial charge < -0.3 is 25.6 Å². The Balaban J connectivity index is 0.00000280. The zero-order valence-electron chi connectivity index (χ0n) is 16.5. The SMILES string of the molecule is CCN1CCN(c2ccc(CN=C(N)Nc3cccc(OC)c3)cn2)CC1.I. The lowest BCUT2D eigenvalue weighted by Gasteiger charge is -2.34. The zero-order valence-corrected chi connectivity index (χ0v) is 18.8. The molecule has 0 saturated carbocycles. The van der Waals surface area contributed by atoms with Crippen molar-refractivity contribution in [1.29, 1.82) is 0 Å². The predicted octanol–water partition coefficient (Wildman–Crippen LogP) is 2.78. The molecule has 1 aromatic carbocycles. The number of hydrogen-bond donors (Lipinski definition) is 2. The van der Waals surface area contributed by atoms with E-state index >= 15 is 0 Å². The van der Waals surface area contributed by atoms with Crippen LogP contribution in [0.3, 0.4) is 0 Å². The molecule has 1 aromatic heterocycles. The maximum Gasteiger partial charge on any atom is 0.193 e. The molecule has 28 heavy (non-hydrogen) atoms. The van der Waals surface area contributed by atoms with Gasteiger partial charge in [0.2, 0.25) is 0 Å². The highest BCUT2D eigenvalue weighted by Crippen LogP contribution is 2.17. The number of methoxy groups -OCH3 is 1. The number of ether oxygens (including phenoxy) is 1. The van der Waals surface area contributed by atoms with Gasteiger partial charge in [-0.1, -0.05) is 19.1 Å². The van der Waals surface area contributed by atoms with Gasteiger partial charge in [-0.3, -0.25) is 0 Å². The highest BCUT2D eigenvalue weighted by molar-refractivity contribution is 14.0. The Hall–Kier alpha value is -2.07. The van der Waals surface area contributed by atoms with Gasteiger partial charge in [0.25, 0.3) is 0 Å². The van der Waals surface area contributed by atoms with Gasteiger partial charge in [-0.05, 0) is 30.3 Å². The molecule has 0 spiro atoms. The highest BCUT2D eigenvalue weighted by atomic mass is 127. The lowest BCUT2D eigenvalue weighted by molar-refractivity contribution is 0.270. The number of aliphatic imine (C=N–C) groups is 1. The maximum absolute atomic E-state index is 5.98. The average Bonchev–Trinajstić information content (AvgIpc) is 2.73. The normalized spacial score (nSPS) is 15.1. The van der Waals surface area contributed by atoms with Crippen LogP contribution in [0.15, 0.2) is 47.6 Å². The molecule has 0 aliphatic carbocycles. The van der Waals surface area contributed by atoms with Gasteiger partial charge in [-0.15, -0.1) is 24.0 Å². The highest BCUT2D eigenvalue weighted by Gasteiger charge is 2.16. The number of anilines is 2. The largest absolute Gasteiger partial charge is 0.497 e. The van der Waals surface area contributed by atoms with Gasteiger partial charge in [0.1, 0.15) is 11.6 Å². The molecule has 8 heteroatoms. The van der Waals surface area contributed by atoms with Crippen molar-refractivity contribution in [3.05, 3.63) is 48.2 Å². The summed E-state index contributed by atoms with van der Waals surface area (Å²) >= 11 is 0. The van der Waals surface area contributed by atoms with E-state index in [1.54, 1.807) is 7.11 Å². The fourth-order valence-corrected chi connectivity index (χ4v) is 3.06. The van der Waals surface area contributed by atoms with Crippen molar-refractivity contribution >= 4 is 41.4 Å². The number of guanidine groups is 1. The smallest absolute Gasteiger partial charge is 0.193 e. The zero-order chi connectivity index (χ0) is 19.1. The van der Waals surface area contributed by atoms with E-state index in [2.05, 4.69) is 44.1 Å². The number of rotatable bonds is 6. The second-order valence-corrected chi connectivity index (χ2v) is 6.50. The summed E-state index contributed by atoms with van der Waals surface area (Å²) < 4.78 is 5.20. The van der Waals surface area contributed by atoms with Crippen molar-refractivity contribution in [2.45, 2.75) is 13.5 Å². The van der Waals surface area contributed by atoms with Gasteiger partial charge in [0, 0.05) is 44.1 Å². The van der Waals surface area contributed by atoms with Crippen LogP contribution >= 0.6 is 24.0 Å². The van der Waals surface area contributed by atoms with Crippen molar-refractivity contribution in [3.8, 4) is 5.75 Å². The second-order valence-electron chi connectivity index (χ2n) is 6.50. The Bertz CT molecular complexity index is 760. The van der Waals surface area contributed by atoms with Crippen molar-refractivity contribution in [2.24, 2.45) is 10.7 Å². The van der Waals surface area contributed by atoms with E-state index in [9.17, 15) is 0 Å². The fourth-order valence-electron chi connectivity index (χ4n) is 3.06. The molecule has 3 N–H and O–H groups in total. The van der Waals surface area contributed by atoms with Gasteiger partial charge >= 0.3 is 0 Å². The lowest BCUT2D eigenvalue weighted by atomic mass is 10.2. The Labute approximate surface area is 184 Å². The summed E-state index contributed by atoms with van der Waals surface area (Å²) in [4.78, 5) is 13.8. The summed E-state index contributed by atoms with van der Waals surface area (Å²) in [7, 11) is 1.64. The molecule has 0 radical (unpaired) electrons. The third kappa shape index (κ3) is 6.23. The van der Waals surface area contributed by atoms with Crippen LogP contribution in [0.4, 0.5) is 11.5 Å². The first kappa shape index (κ1) is 22.2. The predicted molar refractivity (Wildman–Crippen MR) is 126 cm³/mol. The van der Waals surface area contributed by atoms with Gasteiger partial charge in [-0.2, -0.15) is 0 Å². The monoisotopic (exact) mass is 496 g/mol. The molecular weight excluding hydrogens is 467 g/mol. The number of piperazine rings is 1. The Kier molecular flexibility index (Phi) is 8.78. The van der Waals surface area contributed by atoms with E-state index in [0.717, 1.165) is 55.5 Å². The van der Waals surface area contributed by atoms with Crippen LogP contribution in [-0.2, 0) is 6.54 Å². The fraction of sp³-hybridized carbons (Fsp3) is 0.400. The number of benzene rings is 1. The topological polar surface area (TPSA) is 79.0 Å². The molecule has 0 bridgehead atoms. The minimum absolute atomic E-state index is 0. The maximum atomic E-state index is 5.98. The number of hydrogen-bond acceptors (Lipinski definition) is 5. The van der Waals surface area contributed by atoms with E-state index < -0.39 is 0 Å². The molecule has 0 atom stereocenters. The summed E-state index contributed by atoms with van der Waals surface area (Å²) in [5, 5.41) is 3.07. The molecule has 1 fully saturated rings. The van der Waals surface area contributed by atoms with E-state index in [1.165, 1.54) is 0 Å². The third-order valence-corrected chi connectivity index (χ3v) is 4.73. The summed E-state index contributed by atoms with van der Waals surface area (Å²) in [6, 6.07) is 11.7. The first-order valence-electron chi connectivity index (χ1n) is 9.31. The number of likely N-dealkylation sites (N-methyl/N-ethyl adjacent to an activating group) is 1. The van der Waals surface area contributed by atoms with Crippen molar-refractivity contribution in [1.82, 2.24) is 9.88 Å². The summed E-state index contributed by atoms with van der Waals surface area (Å²) in [6.07, 6.45) is 1.88. The molecule has 2 aromatic rings. The minimum atomic E-state index is 0. The molecule has 1 aliphatic rings.